The first-order valence-electron chi connectivity index (χ1n) is 11.0. The molecule has 4 heterocycles. The van der Waals surface area contributed by atoms with E-state index in [1.807, 2.05) is 28.8 Å². The largest absolute Gasteiger partial charge is 0.442 e. The Morgan fingerprint density at radius 3 is 2.75 bits per heavy atom. The number of benzene rings is 1. The van der Waals surface area contributed by atoms with Crippen molar-refractivity contribution < 1.29 is 9.21 Å². The summed E-state index contributed by atoms with van der Waals surface area (Å²) < 4.78 is 8.96. The van der Waals surface area contributed by atoms with Crippen molar-refractivity contribution in [3.05, 3.63) is 52.3 Å². The number of anilines is 1. The summed E-state index contributed by atoms with van der Waals surface area (Å²) in [5.41, 5.74) is 1.81. The van der Waals surface area contributed by atoms with Crippen molar-refractivity contribution in [1.29, 1.82) is 0 Å². The molecule has 1 saturated heterocycles. The van der Waals surface area contributed by atoms with Crippen molar-refractivity contribution in [3.63, 3.8) is 0 Å². The standard InChI is InChI=1S/C23H26N6O3/c1-15-18(19-21(32-15)24-14-27(2)22(19)31)20(30)26-23-25-16-8-4-5-9-17(16)29(23)13-12-28-10-6-3-7-11-28/h4-5,8-9,14H,3,6-7,10-13H2,1-2H3,(H,25,26,30). The van der Waals surface area contributed by atoms with Crippen LogP contribution in [0.4, 0.5) is 5.95 Å². The third-order valence-corrected chi connectivity index (χ3v) is 6.14. The molecule has 32 heavy (non-hydrogen) atoms. The third kappa shape index (κ3) is 3.58. The maximum Gasteiger partial charge on any atom is 0.265 e. The average Bonchev–Trinajstić information content (AvgIpc) is 3.32. The van der Waals surface area contributed by atoms with Gasteiger partial charge in [-0.2, -0.15) is 0 Å². The Morgan fingerprint density at radius 2 is 1.94 bits per heavy atom. The van der Waals surface area contributed by atoms with Crippen molar-refractivity contribution in [2.24, 2.45) is 7.05 Å². The number of piperidine rings is 1. The smallest absolute Gasteiger partial charge is 0.265 e. The van der Waals surface area contributed by atoms with E-state index in [0.717, 1.165) is 30.7 Å². The first-order chi connectivity index (χ1) is 15.5. The number of nitrogens with zero attached hydrogens (tertiary/aromatic N) is 5. The van der Waals surface area contributed by atoms with Crippen LogP contribution in [0, 0.1) is 6.92 Å². The number of fused-ring (bicyclic) bond motifs is 2. The summed E-state index contributed by atoms with van der Waals surface area (Å²) in [5, 5.41) is 3.11. The van der Waals surface area contributed by atoms with Crippen molar-refractivity contribution in [1.82, 2.24) is 24.0 Å². The summed E-state index contributed by atoms with van der Waals surface area (Å²) in [6.45, 7) is 5.47. The molecule has 9 nitrogen and oxygen atoms in total. The number of furan rings is 1. The summed E-state index contributed by atoms with van der Waals surface area (Å²) in [6.07, 6.45) is 5.13. The number of para-hydroxylation sites is 2. The third-order valence-electron chi connectivity index (χ3n) is 6.14. The van der Waals surface area contributed by atoms with Gasteiger partial charge < -0.3 is 18.5 Å². The van der Waals surface area contributed by atoms with E-state index < -0.39 is 5.91 Å². The predicted molar refractivity (Wildman–Crippen MR) is 122 cm³/mol. The number of amides is 1. The zero-order valence-electron chi connectivity index (χ0n) is 18.3. The van der Waals surface area contributed by atoms with Crippen LogP contribution in [-0.2, 0) is 13.6 Å². The first-order valence-corrected chi connectivity index (χ1v) is 11.0. The normalized spacial score (nSPS) is 14.9. The van der Waals surface area contributed by atoms with Gasteiger partial charge in [0.05, 0.1) is 16.6 Å². The molecule has 9 heteroatoms. The molecule has 0 saturated carbocycles. The van der Waals surface area contributed by atoms with Gasteiger partial charge in [-0.1, -0.05) is 18.6 Å². The quantitative estimate of drug-likeness (QED) is 0.519. The molecule has 0 radical (unpaired) electrons. The molecule has 166 valence electrons. The minimum Gasteiger partial charge on any atom is -0.442 e. The number of aryl methyl sites for hydroxylation is 2. The summed E-state index contributed by atoms with van der Waals surface area (Å²) in [5.74, 6) is 0.382. The molecule has 1 fully saturated rings. The molecular formula is C23H26N6O3. The van der Waals surface area contributed by atoms with Crippen molar-refractivity contribution in [2.45, 2.75) is 32.7 Å². The Morgan fingerprint density at radius 1 is 1.16 bits per heavy atom. The van der Waals surface area contributed by atoms with Gasteiger partial charge >= 0.3 is 0 Å². The molecule has 1 aliphatic rings. The number of carbonyl (C=O) groups excluding carboxylic acids is 1. The van der Waals surface area contributed by atoms with Crippen molar-refractivity contribution in [3.8, 4) is 0 Å². The number of likely N-dealkylation sites (tertiary alicyclic amines) is 1. The molecule has 1 aliphatic heterocycles. The zero-order chi connectivity index (χ0) is 22.2. The minimum atomic E-state index is -0.430. The highest BCUT2D eigenvalue weighted by Crippen LogP contribution is 2.24. The number of carbonyl (C=O) groups is 1. The maximum absolute atomic E-state index is 13.3. The lowest BCUT2D eigenvalue weighted by Crippen LogP contribution is -2.33. The van der Waals surface area contributed by atoms with Crippen LogP contribution in [0.15, 0.2) is 39.8 Å². The van der Waals surface area contributed by atoms with Gasteiger partial charge in [0.15, 0.2) is 0 Å². The molecule has 4 aromatic rings. The fourth-order valence-corrected chi connectivity index (χ4v) is 4.45. The number of imidazole rings is 1. The van der Waals surface area contributed by atoms with Gasteiger partial charge in [0.1, 0.15) is 17.5 Å². The van der Waals surface area contributed by atoms with Gasteiger partial charge in [-0.25, -0.2) is 9.97 Å². The molecule has 3 aromatic heterocycles. The lowest BCUT2D eigenvalue weighted by molar-refractivity contribution is 0.102. The van der Waals surface area contributed by atoms with Gasteiger partial charge in [0, 0.05) is 20.1 Å². The lowest BCUT2D eigenvalue weighted by Gasteiger charge is -2.26. The number of nitrogens with one attached hydrogen (secondary N) is 1. The molecule has 0 unspecified atom stereocenters. The highest BCUT2D eigenvalue weighted by molar-refractivity contribution is 6.12. The molecule has 1 amide bonds. The highest BCUT2D eigenvalue weighted by atomic mass is 16.3. The summed E-state index contributed by atoms with van der Waals surface area (Å²) in [7, 11) is 1.60. The van der Waals surface area contributed by atoms with E-state index >= 15 is 0 Å². The van der Waals surface area contributed by atoms with E-state index in [9.17, 15) is 9.59 Å². The Hall–Kier alpha value is -3.46. The average molecular weight is 435 g/mol. The van der Waals surface area contributed by atoms with Gasteiger partial charge in [-0.15, -0.1) is 0 Å². The van der Waals surface area contributed by atoms with Gasteiger partial charge in [-0.3, -0.25) is 14.9 Å². The van der Waals surface area contributed by atoms with E-state index in [0.29, 0.717) is 18.3 Å². The maximum atomic E-state index is 13.3. The van der Waals surface area contributed by atoms with Gasteiger partial charge in [-0.05, 0) is 45.0 Å². The van der Waals surface area contributed by atoms with Crippen molar-refractivity contribution in [2.75, 3.05) is 25.0 Å². The molecule has 1 N–H and O–H groups in total. The first kappa shape index (κ1) is 20.4. The van der Waals surface area contributed by atoms with E-state index in [4.69, 9.17) is 4.42 Å². The molecule has 0 bridgehead atoms. The van der Waals surface area contributed by atoms with Crippen LogP contribution in [0.25, 0.3) is 22.1 Å². The highest BCUT2D eigenvalue weighted by Gasteiger charge is 2.24. The Balaban J connectivity index is 1.49. The van der Waals surface area contributed by atoms with E-state index in [1.54, 1.807) is 14.0 Å². The molecule has 1 aromatic carbocycles. The van der Waals surface area contributed by atoms with Crippen LogP contribution in [0.5, 0.6) is 0 Å². The second kappa shape index (κ2) is 8.23. The van der Waals surface area contributed by atoms with E-state index in [-0.39, 0.29) is 22.2 Å². The number of rotatable bonds is 5. The van der Waals surface area contributed by atoms with Crippen LogP contribution >= 0.6 is 0 Å². The molecule has 0 spiro atoms. The minimum absolute atomic E-state index is 0.161. The second-order valence-electron chi connectivity index (χ2n) is 8.31. The Labute approximate surface area is 184 Å². The summed E-state index contributed by atoms with van der Waals surface area (Å²) in [4.78, 5) is 37.2. The lowest BCUT2D eigenvalue weighted by atomic mass is 10.1. The zero-order valence-corrected chi connectivity index (χ0v) is 18.3. The van der Waals surface area contributed by atoms with E-state index in [2.05, 4.69) is 20.2 Å². The van der Waals surface area contributed by atoms with Gasteiger partial charge in [0.25, 0.3) is 11.5 Å². The van der Waals surface area contributed by atoms with Crippen LogP contribution in [0.1, 0.15) is 35.4 Å². The van der Waals surface area contributed by atoms with Crippen LogP contribution in [0.3, 0.4) is 0 Å². The van der Waals surface area contributed by atoms with Gasteiger partial charge in [0.2, 0.25) is 11.7 Å². The molecule has 0 aliphatic carbocycles. The molecule has 0 atom stereocenters. The Kier molecular flexibility index (Phi) is 5.26. The summed E-state index contributed by atoms with van der Waals surface area (Å²) in [6, 6.07) is 7.84. The number of hydrogen-bond acceptors (Lipinski definition) is 6. The number of hydrogen-bond donors (Lipinski definition) is 1. The van der Waals surface area contributed by atoms with Crippen LogP contribution in [-0.4, -0.2) is 49.5 Å². The SMILES string of the molecule is Cc1oc2ncn(C)c(=O)c2c1C(=O)Nc1nc2ccccc2n1CCN1CCCCC1. The Bertz CT molecular complexity index is 1360. The van der Waals surface area contributed by atoms with Crippen LogP contribution < -0.4 is 10.9 Å². The topological polar surface area (TPSA) is 98.2 Å². The molecular weight excluding hydrogens is 408 g/mol. The number of aromatic nitrogens is 4. The predicted octanol–water partition coefficient (Wildman–Crippen LogP) is 2.92. The fourth-order valence-electron chi connectivity index (χ4n) is 4.45. The van der Waals surface area contributed by atoms with Crippen molar-refractivity contribution >= 4 is 34.0 Å². The molecule has 5 rings (SSSR count). The van der Waals surface area contributed by atoms with Crippen LogP contribution in [0.2, 0.25) is 0 Å². The van der Waals surface area contributed by atoms with E-state index in [1.165, 1.54) is 30.2 Å². The second-order valence-corrected chi connectivity index (χ2v) is 8.31. The monoisotopic (exact) mass is 434 g/mol. The fraction of sp³-hybridized carbons (Fsp3) is 0.391. The summed E-state index contributed by atoms with van der Waals surface area (Å²) >= 11 is 0.